The molecule has 29 heavy (non-hydrogen) atoms. The lowest BCUT2D eigenvalue weighted by Crippen LogP contribution is -2.15. The van der Waals surface area contributed by atoms with E-state index in [2.05, 4.69) is 0 Å². The lowest BCUT2D eigenvalue weighted by molar-refractivity contribution is 0.0880. The zero-order valence-electron chi connectivity index (χ0n) is 16.9. The topological polar surface area (TPSA) is 95.2 Å². The van der Waals surface area contributed by atoms with Crippen LogP contribution in [0.25, 0.3) is 6.08 Å². The minimum Gasteiger partial charge on any atom is -0.733 e. The Labute approximate surface area is 169 Å². The fourth-order valence-corrected chi connectivity index (χ4v) is 3.40. The van der Waals surface area contributed by atoms with Crippen LogP contribution < -0.4 is 15.4 Å². The van der Waals surface area contributed by atoms with Crippen molar-refractivity contribution in [2.45, 2.75) is 33.3 Å². The van der Waals surface area contributed by atoms with Crippen molar-refractivity contribution >= 4 is 11.8 Å². The van der Waals surface area contributed by atoms with Crippen LogP contribution in [0, 0.1) is 19.1 Å². The van der Waals surface area contributed by atoms with Gasteiger partial charge in [0.15, 0.2) is 5.43 Å². The van der Waals surface area contributed by atoms with E-state index >= 15 is 0 Å². The van der Waals surface area contributed by atoms with E-state index < -0.39 is 0 Å². The molecular formula is C22H24NO6-. The number of allylic oxidation sites excluding steroid dienone is 2. The van der Waals surface area contributed by atoms with Gasteiger partial charge in [0.1, 0.15) is 11.9 Å². The van der Waals surface area contributed by atoms with Crippen LogP contribution >= 0.6 is 0 Å². The van der Waals surface area contributed by atoms with E-state index in [0.717, 1.165) is 16.7 Å². The maximum Gasteiger partial charge on any atom is 0.291 e. The summed E-state index contributed by atoms with van der Waals surface area (Å²) in [6.45, 7) is 5.84. The first-order valence-electron chi connectivity index (χ1n) is 9.24. The highest BCUT2D eigenvalue weighted by atomic mass is 16.8. The first-order chi connectivity index (χ1) is 13.8. The molecule has 1 aromatic carbocycles. The molecule has 3 rings (SSSR count). The van der Waals surface area contributed by atoms with Crippen molar-refractivity contribution in [2.75, 3.05) is 18.9 Å². The number of benzene rings is 1. The summed E-state index contributed by atoms with van der Waals surface area (Å²) in [4.78, 5) is 12.4. The molecule has 154 valence electrons. The summed E-state index contributed by atoms with van der Waals surface area (Å²) in [5.74, 6) is 0.722. The molecule has 1 fully saturated rings. The zero-order valence-corrected chi connectivity index (χ0v) is 16.9. The molecule has 0 bridgehead atoms. The summed E-state index contributed by atoms with van der Waals surface area (Å²) >= 11 is 0. The molecule has 0 saturated carbocycles. The van der Waals surface area contributed by atoms with Crippen molar-refractivity contribution in [3.63, 3.8) is 0 Å². The Morgan fingerprint density at radius 3 is 2.59 bits per heavy atom. The molecule has 0 spiro atoms. The Bertz CT molecular complexity index is 1000. The van der Waals surface area contributed by atoms with Crippen LogP contribution in [0.15, 0.2) is 50.7 Å². The predicted molar refractivity (Wildman–Crippen MR) is 110 cm³/mol. The van der Waals surface area contributed by atoms with Crippen molar-refractivity contribution in [1.29, 1.82) is 0 Å². The van der Waals surface area contributed by atoms with Gasteiger partial charge in [0, 0.05) is 12.0 Å². The van der Waals surface area contributed by atoms with Gasteiger partial charge in [-0.15, -0.1) is 0 Å². The highest BCUT2D eigenvalue weighted by Crippen LogP contribution is 2.35. The van der Waals surface area contributed by atoms with Gasteiger partial charge in [0.2, 0.25) is 0 Å². The molecule has 1 aliphatic rings. The Morgan fingerprint density at radius 2 is 1.97 bits per heavy atom. The van der Waals surface area contributed by atoms with Crippen molar-refractivity contribution in [1.82, 2.24) is 0 Å². The molecule has 1 atom stereocenters. The van der Waals surface area contributed by atoms with Crippen molar-refractivity contribution in [2.24, 2.45) is 0 Å². The number of hydrogen-bond acceptors (Lipinski definition) is 7. The second kappa shape index (κ2) is 8.65. The number of ether oxygens (including phenoxy) is 2. The molecule has 0 radical (unpaired) electrons. The van der Waals surface area contributed by atoms with E-state index in [9.17, 15) is 10.0 Å². The van der Waals surface area contributed by atoms with E-state index in [1.807, 2.05) is 19.1 Å². The molecule has 1 aromatic heterocycles. The first kappa shape index (κ1) is 20.9. The van der Waals surface area contributed by atoms with Crippen molar-refractivity contribution in [3.05, 3.63) is 79.4 Å². The molecule has 0 unspecified atom stereocenters. The number of nitrogens with zero attached hydrogens (tertiary/aromatic N) is 1. The molecule has 1 aliphatic heterocycles. The van der Waals surface area contributed by atoms with Crippen LogP contribution in [0.5, 0.6) is 5.95 Å². The van der Waals surface area contributed by atoms with E-state index in [1.165, 1.54) is 7.11 Å². The fourth-order valence-electron chi connectivity index (χ4n) is 3.40. The molecule has 2 heterocycles. The molecular weight excluding hydrogens is 374 g/mol. The second-order valence-electron chi connectivity index (χ2n) is 7.10. The minimum absolute atomic E-state index is 0.0943. The molecule has 1 saturated heterocycles. The summed E-state index contributed by atoms with van der Waals surface area (Å²) in [5.41, 5.74) is 4.08. The zero-order chi connectivity index (χ0) is 21.1. The van der Waals surface area contributed by atoms with Gasteiger partial charge < -0.3 is 24.3 Å². The molecule has 2 aromatic rings. The Morgan fingerprint density at radius 1 is 1.28 bits per heavy atom. The lowest BCUT2D eigenvalue weighted by atomic mass is 10.0. The summed E-state index contributed by atoms with van der Waals surface area (Å²) in [6.07, 6.45) is 4.30. The van der Waals surface area contributed by atoms with Crippen LogP contribution in [0.1, 0.15) is 41.9 Å². The van der Waals surface area contributed by atoms with E-state index in [4.69, 9.17) is 19.1 Å². The maximum absolute atomic E-state index is 12.4. The predicted octanol–water partition coefficient (Wildman–Crippen LogP) is 4.45. The van der Waals surface area contributed by atoms with E-state index in [0.29, 0.717) is 29.9 Å². The van der Waals surface area contributed by atoms with Crippen LogP contribution in [-0.2, 0) is 4.74 Å². The highest BCUT2D eigenvalue weighted by Gasteiger charge is 2.28. The maximum atomic E-state index is 12.4. The molecule has 1 N–H and O–H groups in total. The van der Waals surface area contributed by atoms with Crippen molar-refractivity contribution in [3.8, 4) is 5.95 Å². The number of anilines is 1. The van der Waals surface area contributed by atoms with Crippen molar-refractivity contribution < 1.29 is 19.1 Å². The number of methoxy groups -OCH3 is 1. The Kier molecular flexibility index (Phi) is 6.22. The molecule has 7 nitrogen and oxygen atoms in total. The van der Waals surface area contributed by atoms with Crippen LogP contribution in [0.3, 0.4) is 0 Å². The fraction of sp³-hybridized carbons (Fsp3) is 0.318. The summed E-state index contributed by atoms with van der Waals surface area (Å²) in [5, 5.41) is 19.6. The normalized spacial score (nSPS) is 18.3. The van der Waals surface area contributed by atoms with Gasteiger partial charge in [0.05, 0.1) is 25.0 Å². The van der Waals surface area contributed by atoms with Gasteiger partial charge in [0.25, 0.3) is 5.95 Å². The second-order valence-corrected chi connectivity index (χ2v) is 7.10. The van der Waals surface area contributed by atoms with E-state index in [-0.39, 0.29) is 28.4 Å². The summed E-state index contributed by atoms with van der Waals surface area (Å²) in [7, 11) is 1.47. The lowest BCUT2D eigenvalue weighted by Gasteiger charge is -2.21. The first-order valence-corrected chi connectivity index (χ1v) is 9.24. The summed E-state index contributed by atoms with van der Waals surface area (Å²) in [6, 6.07) is 6.60. The SMILES string of the molecule is COc1oc([C@@H]2CC(=CC(C)=Cc3ccc(N([O-])O)cc3)CO2)c(C)c(=O)c1C. The van der Waals surface area contributed by atoms with Crippen LogP contribution in [-0.4, -0.2) is 18.9 Å². The van der Waals surface area contributed by atoms with Gasteiger partial charge in [-0.2, -0.15) is 0 Å². The minimum atomic E-state index is -0.330. The highest BCUT2D eigenvalue weighted by molar-refractivity contribution is 5.59. The average Bonchev–Trinajstić information content (AvgIpc) is 3.14. The van der Waals surface area contributed by atoms with Crippen LogP contribution in [0.4, 0.5) is 5.69 Å². The van der Waals surface area contributed by atoms with Gasteiger partial charge in [-0.05, 0) is 44.0 Å². The summed E-state index contributed by atoms with van der Waals surface area (Å²) < 4.78 is 16.8. The average molecular weight is 398 g/mol. The van der Waals surface area contributed by atoms with Crippen LogP contribution in [0.2, 0.25) is 0 Å². The Hall–Kier alpha value is -2.87. The van der Waals surface area contributed by atoms with Gasteiger partial charge in [-0.3, -0.25) is 10.0 Å². The standard InChI is InChI=1S/C22H24NO6/c1-13(9-16-5-7-18(8-6-16)23(25)26)10-17-11-19(28-12-17)21-14(2)20(24)15(3)22(27-4)29-21/h5-10,19,25H,11-12H2,1-4H3/q-1/t19-/m0/s1. The largest absolute Gasteiger partial charge is 0.733 e. The third-order valence-corrected chi connectivity index (χ3v) is 4.90. The molecule has 0 amide bonds. The number of rotatable bonds is 5. The third-order valence-electron chi connectivity index (χ3n) is 4.90. The monoisotopic (exact) mass is 398 g/mol. The smallest absolute Gasteiger partial charge is 0.291 e. The quantitative estimate of drug-likeness (QED) is 0.743. The molecule has 7 heteroatoms. The van der Waals surface area contributed by atoms with E-state index in [1.54, 1.807) is 38.1 Å². The van der Waals surface area contributed by atoms with Gasteiger partial charge in [-0.1, -0.05) is 29.9 Å². The number of hydrogen-bond donors (Lipinski definition) is 1. The van der Waals surface area contributed by atoms with Gasteiger partial charge >= 0.3 is 0 Å². The molecule has 0 aliphatic carbocycles. The Balaban J connectivity index is 1.77. The van der Waals surface area contributed by atoms with Gasteiger partial charge in [-0.25, -0.2) is 0 Å². The third kappa shape index (κ3) is 4.59.